The molecule has 0 aromatic heterocycles. The van der Waals surface area contributed by atoms with Gasteiger partial charge in [0, 0.05) is 0 Å². The van der Waals surface area contributed by atoms with Crippen molar-refractivity contribution in [1.82, 2.24) is 0 Å². The average molecular weight is 623 g/mol. The Kier molecular flexibility index (Phi) is 21.4. The fourth-order valence-electron chi connectivity index (χ4n) is 0.889. The standard InChI is InChI=1S/2C4H10S.5Y/c2*1-4(2)3-5;;;;;/h2*4-5H,3H2,1-2H3;;;;;/q;;;;;;+2/p-2. The van der Waals surface area contributed by atoms with Gasteiger partial charge in [0.25, 0.3) is 0 Å². The molecule has 0 saturated carbocycles. The van der Waals surface area contributed by atoms with Crippen LogP contribution in [0.25, 0.3) is 0 Å². The van der Waals surface area contributed by atoms with E-state index in [1.165, 1.54) is 11.5 Å². The van der Waals surface area contributed by atoms with E-state index in [1.54, 1.807) is 23.5 Å². The summed E-state index contributed by atoms with van der Waals surface area (Å²) in [6.07, 6.45) is 0. The van der Waals surface area contributed by atoms with Crippen LogP contribution in [0.2, 0.25) is 0 Å². The predicted octanol–water partition coefficient (Wildman–Crippen LogP) is 3.67. The summed E-state index contributed by atoms with van der Waals surface area (Å²) in [5, 5.41) is 0. The van der Waals surface area contributed by atoms with Gasteiger partial charge in [0.15, 0.2) is 0 Å². The van der Waals surface area contributed by atoms with Crippen LogP contribution in [0.3, 0.4) is 0 Å². The van der Waals surface area contributed by atoms with Gasteiger partial charge in [-0.05, 0) is 0 Å². The monoisotopic (exact) mass is 623 g/mol. The molecule has 0 nitrogen and oxygen atoms in total. The Hall–Kier alpha value is 6.22. The van der Waals surface area contributed by atoms with E-state index in [-0.39, 0.29) is 14.2 Å². The first kappa shape index (κ1) is 21.2. The van der Waals surface area contributed by atoms with Crippen LogP contribution in [0.5, 0.6) is 0 Å². The molecule has 0 rings (SSSR count). The summed E-state index contributed by atoms with van der Waals surface area (Å²) in [4.78, 5) is 0. The molecule has 0 amide bonds. The van der Waals surface area contributed by atoms with Crippen LogP contribution < -0.4 is 0 Å². The summed E-state index contributed by atoms with van der Waals surface area (Å²) in [5.41, 5.74) is 0. The van der Waals surface area contributed by atoms with Gasteiger partial charge in [-0.2, -0.15) is 0 Å². The quantitative estimate of drug-likeness (QED) is 0.385. The van der Waals surface area contributed by atoms with E-state index >= 15 is 0 Å². The minimum absolute atomic E-state index is 0.230. The zero-order valence-corrected chi connectivity index (χ0v) is 26.1. The maximum atomic E-state index is 2.56. The molecule has 0 aromatic rings. The number of hydrogen-bond acceptors (Lipinski definition) is 2. The third-order valence-corrected chi connectivity index (χ3v) is 403. The van der Waals surface area contributed by atoms with Crippen molar-refractivity contribution >= 4 is 14.6 Å². The molecule has 0 aromatic carbocycles. The molecule has 15 heavy (non-hydrogen) atoms. The third-order valence-electron chi connectivity index (χ3n) is 1.57. The maximum absolute atomic E-state index is 2.56. The van der Waals surface area contributed by atoms with E-state index < -0.39 is 16.6 Å². The molecule has 0 aliphatic rings. The molecule has 0 bridgehead atoms. The zero-order valence-electron chi connectivity index (χ0n) is 10.3. The van der Waals surface area contributed by atoms with E-state index in [4.69, 9.17) is 0 Å². The minimum atomic E-state index is -0.890. The summed E-state index contributed by atoms with van der Waals surface area (Å²) in [6.45, 7) is 9.62. The van der Waals surface area contributed by atoms with Gasteiger partial charge in [-0.15, -0.1) is 0 Å². The van der Waals surface area contributed by atoms with Crippen LogP contribution in [-0.4, -0.2) is 11.5 Å². The summed E-state index contributed by atoms with van der Waals surface area (Å²) in [6, 6.07) is 0. The van der Waals surface area contributed by atoms with Crippen molar-refractivity contribution in [2.24, 2.45) is 11.8 Å². The van der Waals surface area contributed by atoms with Gasteiger partial charge >= 0.3 is 148 Å². The van der Waals surface area contributed by atoms with Crippen LogP contribution in [0, 0.1) is 11.8 Å². The van der Waals surface area contributed by atoms with E-state index in [1.807, 2.05) is 0 Å². The second kappa shape index (κ2) is 15.1. The second-order valence-electron chi connectivity index (χ2n) is 4.40. The van der Waals surface area contributed by atoms with Crippen LogP contribution in [0.4, 0.5) is 0 Å². The first-order valence-corrected chi connectivity index (χ1v) is 59.9. The Morgan fingerprint density at radius 2 is 1.53 bits per heavy atom. The van der Waals surface area contributed by atoms with Gasteiger partial charge < -0.3 is 0 Å². The van der Waals surface area contributed by atoms with Crippen LogP contribution in [0.1, 0.15) is 27.7 Å². The van der Waals surface area contributed by atoms with Crippen LogP contribution in [-0.2, 0) is 82.8 Å². The normalized spacial score (nSPS) is 9.67. The SMILES string of the molecule is CC(C)C[S][Y]([S]CC(C)C)[Y][Y][Y][Y]. The summed E-state index contributed by atoms with van der Waals surface area (Å²) in [7, 11) is 5.12. The topological polar surface area (TPSA) is 0 Å². The van der Waals surface area contributed by atoms with Gasteiger partial charge in [0.2, 0.25) is 0 Å². The Balaban J connectivity index is 3.73. The van der Waals surface area contributed by atoms with Gasteiger partial charge in [-0.3, -0.25) is 0 Å². The van der Waals surface area contributed by atoms with Crippen LogP contribution in [0.15, 0.2) is 0 Å². The Labute approximate surface area is 142 Å². The van der Waals surface area contributed by atoms with Crippen molar-refractivity contribution in [3.8, 4) is 0 Å². The van der Waals surface area contributed by atoms with Crippen LogP contribution >= 0.6 is 14.6 Å². The molecule has 0 aliphatic heterocycles. The van der Waals surface area contributed by atoms with Gasteiger partial charge in [0.1, 0.15) is 0 Å². The Morgan fingerprint density at radius 1 is 1.07 bits per heavy atom. The van der Waals surface area contributed by atoms with Crippen molar-refractivity contribution in [2.75, 3.05) is 11.5 Å². The van der Waals surface area contributed by atoms with E-state index in [0.717, 1.165) is 11.8 Å². The fraction of sp³-hybridized carbons (Fsp3) is 1.00. The molecular formula is C8H18S2Y5. The Morgan fingerprint density at radius 3 is 1.87 bits per heavy atom. The summed E-state index contributed by atoms with van der Waals surface area (Å²) >= 11 is 1.82. The predicted molar refractivity (Wildman–Crippen MR) is 54.6 cm³/mol. The first-order chi connectivity index (χ1) is 7.06. The van der Waals surface area contributed by atoms with Crippen molar-refractivity contribution in [2.45, 2.75) is 27.7 Å². The molecule has 0 atom stereocenters. The van der Waals surface area contributed by atoms with Crippen molar-refractivity contribution in [3.63, 3.8) is 0 Å². The van der Waals surface area contributed by atoms with E-state index in [0.29, 0.717) is 28.5 Å². The zero-order chi connectivity index (χ0) is 11.7. The van der Waals surface area contributed by atoms with Gasteiger partial charge in [-0.25, -0.2) is 0 Å². The van der Waals surface area contributed by atoms with Gasteiger partial charge in [0.05, 0.1) is 0 Å². The summed E-state index contributed by atoms with van der Waals surface area (Å²) < 4.78 is 0. The molecular weight excluding hydrogens is 605 g/mol. The molecule has 77 valence electrons. The Bertz CT molecular complexity index is 133. The molecule has 0 heterocycles. The van der Waals surface area contributed by atoms with Crippen molar-refractivity contribution < 1.29 is 82.8 Å². The fourth-order valence-corrected chi connectivity index (χ4v) is 893. The van der Waals surface area contributed by atoms with Crippen molar-refractivity contribution in [1.29, 1.82) is 0 Å². The number of hydrogen-bond donors (Lipinski definition) is 0. The van der Waals surface area contributed by atoms with E-state index in [9.17, 15) is 0 Å². The molecule has 0 fully saturated rings. The molecule has 0 spiro atoms. The van der Waals surface area contributed by atoms with Crippen molar-refractivity contribution in [3.05, 3.63) is 0 Å². The molecule has 0 aliphatic carbocycles. The average Bonchev–Trinajstić information content (AvgIpc) is 2.16. The molecule has 0 radical (unpaired) electrons. The second-order valence-corrected chi connectivity index (χ2v) is 163. The van der Waals surface area contributed by atoms with Gasteiger partial charge in [-0.1, -0.05) is 0 Å². The number of rotatable bonds is 9. The van der Waals surface area contributed by atoms with E-state index in [2.05, 4.69) is 42.3 Å². The molecule has 0 saturated heterocycles. The summed E-state index contributed by atoms with van der Waals surface area (Å²) in [5.74, 6) is 4.96. The molecule has 0 unspecified atom stereocenters. The molecule has 7 heteroatoms. The first-order valence-electron chi connectivity index (χ1n) is 5.51. The third kappa shape index (κ3) is 16.4. The molecule has 0 N–H and O–H groups in total.